The van der Waals surface area contributed by atoms with Gasteiger partial charge < -0.3 is 24.6 Å². The molecule has 1 heterocycles. The lowest BCUT2D eigenvalue weighted by Gasteiger charge is -2.37. The van der Waals surface area contributed by atoms with Crippen molar-refractivity contribution >= 4 is 58.3 Å². The van der Waals surface area contributed by atoms with Crippen LogP contribution < -0.4 is 24.2 Å². The molecule has 12 nitrogen and oxygen atoms in total. The fourth-order valence-electron chi connectivity index (χ4n) is 6.99. The molecule has 1 aliphatic heterocycles. The first-order valence-electron chi connectivity index (χ1n) is 17.8. The van der Waals surface area contributed by atoms with Gasteiger partial charge in [-0.05, 0) is 80.7 Å². The first-order chi connectivity index (χ1) is 25.2. The van der Waals surface area contributed by atoms with Crippen LogP contribution >= 0.6 is 11.6 Å². The number of hydrogen-bond acceptors (Lipinski definition) is 7. The van der Waals surface area contributed by atoms with Crippen LogP contribution in [0.15, 0.2) is 36.4 Å². The summed E-state index contributed by atoms with van der Waals surface area (Å²) in [6.45, 7) is 6.62. The van der Waals surface area contributed by atoms with Crippen molar-refractivity contribution in [2.45, 2.75) is 96.1 Å². The number of fused-ring (bicyclic) bond motifs is 1. The monoisotopic (exact) mass is 747 g/mol. The predicted molar refractivity (Wildman–Crippen MR) is 201 cm³/mol. The van der Waals surface area contributed by atoms with Crippen LogP contribution in [0, 0.1) is 30.1 Å². The van der Waals surface area contributed by atoms with Crippen LogP contribution in [0.5, 0.6) is 11.5 Å². The summed E-state index contributed by atoms with van der Waals surface area (Å²) in [5, 5.41) is 20.0. The average molecular weight is 748 g/mol. The summed E-state index contributed by atoms with van der Waals surface area (Å²) in [6.07, 6.45) is 17.2. The second-order valence-corrected chi connectivity index (χ2v) is 14.2. The zero-order valence-corrected chi connectivity index (χ0v) is 31.3. The number of rotatable bonds is 9. The molecule has 3 amide bonds. The SMILES string of the molecule is C#CC(=O)N(c1ccc(OCC2(C)CC2)c(Cl)c1)C1(C(=O)O)CCCC1.C#CC(=O)N(c1ccc2c(c1)OCC(=O)N2C)C1(C(=O)O)CCCC1.CC. The standard InChI is InChI=1S/C20H22ClNO4.C18H18N2O5.C2H6/c1-3-17(23)22(20(18(24)25)8-4-5-9-20)14-6-7-16(15(21)12-14)26-13-19(2)10-11-19;1-3-15(21)20(18(17(23)24)8-4-5-9-18)12-6-7-13-14(10-12)25-11-16(22)19(13)2;1-2/h1,6-7,12H,4-5,8-11,13H2,2H3,(H,24,25);1,6-7,10H,4-5,8-9,11H2,2H3,(H,23,24);1-2H3. The Kier molecular flexibility index (Phi) is 12.7. The Morgan fingerprint density at radius 2 is 1.32 bits per heavy atom. The fourth-order valence-corrected chi connectivity index (χ4v) is 7.22. The molecule has 0 radical (unpaired) electrons. The number of carboxylic acids is 2. The number of terminal acetylenes is 2. The molecule has 3 fully saturated rings. The number of carboxylic acid groups (broad SMARTS) is 2. The summed E-state index contributed by atoms with van der Waals surface area (Å²) in [5.41, 5.74) is -1.17. The van der Waals surface area contributed by atoms with Crippen molar-refractivity contribution in [3.63, 3.8) is 0 Å². The number of benzene rings is 2. The van der Waals surface area contributed by atoms with Gasteiger partial charge in [-0.15, -0.1) is 12.8 Å². The molecule has 0 unspecified atom stereocenters. The van der Waals surface area contributed by atoms with Gasteiger partial charge in [0.25, 0.3) is 5.91 Å². The Morgan fingerprint density at radius 1 is 0.849 bits per heavy atom. The Bertz CT molecular complexity index is 1830. The van der Waals surface area contributed by atoms with Gasteiger partial charge in [-0.1, -0.05) is 58.1 Å². The minimum absolute atomic E-state index is 0.111. The van der Waals surface area contributed by atoms with Gasteiger partial charge in [-0.3, -0.25) is 24.2 Å². The Labute approximate surface area is 315 Å². The lowest BCUT2D eigenvalue weighted by Crippen LogP contribution is -2.55. The van der Waals surface area contributed by atoms with Gasteiger partial charge in [-0.2, -0.15) is 0 Å². The molecular formula is C40H46ClN3O9. The van der Waals surface area contributed by atoms with Gasteiger partial charge in [0.2, 0.25) is 0 Å². The second kappa shape index (κ2) is 16.6. The van der Waals surface area contributed by atoms with Crippen LogP contribution in [-0.2, 0) is 24.0 Å². The molecule has 2 aromatic carbocycles. The molecule has 2 N–H and O–H groups in total. The van der Waals surface area contributed by atoms with E-state index in [9.17, 15) is 34.2 Å². The molecule has 0 bridgehead atoms. The van der Waals surface area contributed by atoms with Crippen LogP contribution in [0.2, 0.25) is 5.02 Å². The second-order valence-electron chi connectivity index (χ2n) is 13.8. The molecular weight excluding hydrogens is 702 g/mol. The number of ether oxygens (including phenoxy) is 2. The smallest absolute Gasteiger partial charge is 0.330 e. The van der Waals surface area contributed by atoms with Gasteiger partial charge in [-0.25, -0.2) is 9.59 Å². The van der Waals surface area contributed by atoms with Crippen LogP contribution in [0.1, 0.15) is 85.0 Å². The third-order valence-corrected chi connectivity index (χ3v) is 10.6. The number of halogens is 1. The Hall–Kier alpha value is -5.20. The number of hydrogen-bond donors (Lipinski definition) is 2. The van der Waals surface area contributed by atoms with E-state index in [1.807, 2.05) is 19.8 Å². The van der Waals surface area contributed by atoms with Crippen molar-refractivity contribution in [1.82, 2.24) is 0 Å². The van der Waals surface area contributed by atoms with E-state index in [4.69, 9.17) is 33.9 Å². The van der Waals surface area contributed by atoms with Gasteiger partial charge in [0, 0.05) is 29.9 Å². The summed E-state index contributed by atoms with van der Waals surface area (Å²) < 4.78 is 11.2. The minimum Gasteiger partial charge on any atom is -0.491 e. The largest absolute Gasteiger partial charge is 0.491 e. The molecule has 282 valence electrons. The molecule has 0 aromatic heterocycles. The summed E-state index contributed by atoms with van der Waals surface area (Å²) in [6, 6.07) is 9.67. The van der Waals surface area contributed by atoms with E-state index in [1.54, 1.807) is 43.4 Å². The first kappa shape index (κ1) is 40.6. The number of carbonyl (C=O) groups is 5. The maximum absolute atomic E-state index is 12.4. The molecule has 3 aliphatic carbocycles. The molecule has 0 saturated heterocycles. The Morgan fingerprint density at radius 3 is 1.75 bits per heavy atom. The van der Waals surface area contributed by atoms with Crippen LogP contribution in [0.3, 0.4) is 0 Å². The van der Waals surface area contributed by atoms with Crippen molar-refractivity contribution in [2.75, 3.05) is 35.0 Å². The van der Waals surface area contributed by atoms with Crippen molar-refractivity contribution in [2.24, 2.45) is 5.41 Å². The topological polar surface area (TPSA) is 154 Å². The number of nitrogens with zero attached hydrogens (tertiary/aromatic N) is 3. The van der Waals surface area contributed by atoms with E-state index in [1.165, 1.54) is 14.7 Å². The molecule has 0 atom stereocenters. The zero-order chi connectivity index (χ0) is 39.1. The molecule has 0 spiro atoms. The highest BCUT2D eigenvalue weighted by Gasteiger charge is 2.50. The molecule has 2 aromatic rings. The molecule has 53 heavy (non-hydrogen) atoms. The van der Waals surface area contributed by atoms with Gasteiger partial charge >= 0.3 is 23.8 Å². The van der Waals surface area contributed by atoms with E-state index in [-0.39, 0.29) is 17.9 Å². The molecule has 4 aliphatic rings. The number of aliphatic carboxylic acids is 2. The lowest BCUT2D eigenvalue weighted by molar-refractivity contribution is -0.145. The maximum atomic E-state index is 12.4. The van der Waals surface area contributed by atoms with E-state index in [0.29, 0.717) is 78.7 Å². The highest BCUT2D eigenvalue weighted by atomic mass is 35.5. The number of anilines is 3. The summed E-state index contributed by atoms with van der Waals surface area (Å²) in [5.74, 6) is 1.34. The normalized spacial score (nSPS) is 18.2. The van der Waals surface area contributed by atoms with E-state index in [0.717, 1.165) is 25.7 Å². The average Bonchev–Trinajstić information content (AvgIpc) is 3.48. The number of carbonyl (C=O) groups excluding carboxylic acids is 3. The van der Waals surface area contributed by atoms with E-state index in [2.05, 4.69) is 12.8 Å². The lowest BCUT2D eigenvalue weighted by atomic mass is 9.93. The number of likely N-dealkylation sites (N-methyl/N-ethyl adjacent to an activating group) is 1. The van der Waals surface area contributed by atoms with Gasteiger partial charge in [0.1, 0.15) is 22.6 Å². The van der Waals surface area contributed by atoms with Crippen molar-refractivity contribution in [3.8, 4) is 36.2 Å². The molecule has 6 rings (SSSR count). The van der Waals surface area contributed by atoms with Crippen molar-refractivity contribution in [1.29, 1.82) is 0 Å². The van der Waals surface area contributed by atoms with E-state index >= 15 is 0 Å². The van der Waals surface area contributed by atoms with Crippen LogP contribution in [0.25, 0.3) is 0 Å². The highest BCUT2D eigenvalue weighted by Crippen LogP contribution is 2.46. The maximum Gasteiger partial charge on any atom is 0.330 e. The Balaban J connectivity index is 0.000000226. The summed E-state index contributed by atoms with van der Waals surface area (Å²) in [7, 11) is 1.63. The third-order valence-electron chi connectivity index (χ3n) is 10.3. The molecule has 13 heteroatoms. The third kappa shape index (κ3) is 8.23. The van der Waals surface area contributed by atoms with E-state index < -0.39 is 34.8 Å². The van der Waals surface area contributed by atoms with Gasteiger partial charge in [0.05, 0.1) is 17.3 Å². The summed E-state index contributed by atoms with van der Waals surface area (Å²) >= 11 is 6.34. The van der Waals surface area contributed by atoms with Crippen molar-refractivity contribution < 1.29 is 43.7 Å². The quantitative estimate of drug-likeness (QED) is 0.281. The number of amides is 3. The zero-order valence-electron chi connectivity index (χ0n) is 30.6. The predicted octanol–water partition coefficient (Wildman–Crippen LogP) is 6.31. The van der Waals surface area contributed by atoms with Crippen LogP contribution in [0.4, 0.5) is 17.1 Å². The van der Waals surface area contributed by atoms with Crippen LogP contribution in [-0.4, -0.2) is 71.2 Å². The fraction of sp³-hybridized carbons (Fsp3) is 0.475. The minimum atomic E-state index is -1.35. The summed E-state index contributed by atoms with van der Waals surface area (Å²) in [4.78, 5) is 64.4. The van der Waals surface area contributed by atoms with Gasteiger partial charge in [0.15, 0.2) is 6.61 Å². The highest BCUT2D eigenvalue weighted by molar-refractivity contribution is 6.32. The first-order valence-corrected chi connectivity index (χ1v) is 18.1. The van der Waals surface area contributed by atoms with Crippen molar-refractivity contribution in [3.05, 3.63) is 41.4 Å². The molecule has 3 saturated carbocycles.